The Labute approximate surface area is 154 Å². The number of Topliss-reactive ketones (excluding diaryl/α,β-unsaturated/α-hetero) is 1. The van der Waals surface area contributed by atoms with Crippen LogP contribution >= 0.6 is 0 Å². The number of halogens is 3. The lowest BCUT2D eigenvalue weighted by Gasteiger charge is -2.32. The standard InChI is InChI=1S/C14H20F3N3.C5H10O/c1-3-4-11-10(2)19-13(14(15,16)17)9-12(11)20-7-5-18-6-8-20;1-3-4-5(2)6/h9,18H,3-8H2,1-2H3;3-4H2,1-2H3. The minimum Gasteiger partial charge on any atom is -0.369 e. The predicted octanol–water partition coefficient (Wildman–Crippen LogP) is 4.15. The summed E-state index contributed by atoms with van der Waals surface area (Å²) in [6, 6.07) is 1.21. The monoisotopic (exact) mass is 373 g/mol. The van der Waals surface area contributed by atoms with Gasteiger partial charge in [-0.1, -0.05) is 20.3 Å². The van der Waals surface area contributed by atoms with E-state index in [0.717, 1.165) is 57.4 Å². The summed E-state index contributed by atoms with van der Waals surface area (Å²) in [5.41, 5.74) is 1.36. The first-order valence-electron chi connectivity index (χ1n) is 9.23. The van der Waals surface area contributed by atoms with E-state index in [1.54, 1.807) is 13.8 Å². The second kappa shape index (κ2) is 10.5. The van der Waals surface area contributed by atoms with E-state index >= 15 is 0 Å². The second-order valence-electron chi connectivity index (χ2n) is 6.53. The quantitative estimate of drug-likeness (QED) is 0.842. The molecule has 0 atom stereocenters. The predicted molar refractivity (Wildman–Crippen MR) is 98.6 cm³/mol. The lowest BCUT2D eigenvalue weighted by Crippen LogP contribution is -2.44. The lowest BCUT2D eigenvalue weighted by molar-refractivity contribution is -0.141. The third-order valence-electron chi connectivity index (χ3n) is 4.16. The topological polar surface area (TPSA) is 45.2 Å². The molecule has 148 valence electrons. The number of alkyl halides is 3. The number of ketones is 1. The average Bonchev–Trinajstić information content (AvgIpc) is 2.57. The Hall–Kier alpha value is -1.63. The second-order valence-corrected chi connectivity index (χ2v) is 6.53. The number of aryl methyl sites for hydroxylation is 1. The Bertz CT molecular complexity index is 582. The largest absolute Gasteiger partial charge is 0.433 e. The van der Waals surface area contributed by atoms with Crippen LogP contribution in [0.15, 0.2) is 6.07 Å². The molecule has 0 amide bonds. The van der Waals surface area contributed by atoms with Crippen molar-refractivity contribution in [3.8, 4) is 0 Å². The van der Waals surface area contributed by atoms with E-state index in [1.807, 2.05) is 18.7 Å². The summed E-state index contributed by atoms with van der Waals surface area (Å²) in [6.45, 7) is 10.4. The summed E-state index contributed by atoms with van der Waals surface area (Å²) in [6.07, 6.45) is -1.02. The highest BCUT2D eigenvalue weighted by atomic mass is 19.4. The molecule has 0 radical (unpaired) electrons. The van der Waals surface area contributed by atoms with Gasteiger partial charge in [-0.05, 0) is 38.3 Å². The zero-order chi connectivity index (χ0) is 19.7. The Kier molecular flexibility index (Phi) is 9.05. The van der Waals surface area contributed by atoms with Gasteiger partial charge in [0, 0.05) is 44.0 Å². The molecule has 0 unspecified atom stereocenters. The van der Waals surface area contributed by atoms with Crippen molar-refractivity contribution in [2.24, 2.45) is 0 Å². The van der Waals surface area contributed by atoms with E-state index < -0.39 is 11.9 Å². The van der Waals surface area contributed by atoms with Gasteiger partial charge < -0.3 is 15.0 Å². The number of pyridine rings is 1. The molecule has 2 rings (SSSR count). The van der Waals surface area contributed by atoms with Gasteiger partial charge in [0.1, 0.15) is 11.5 Å². The van der Waals surface area contributed by atoms with Crippen LogP contribution in [0.1, 0.15) is 57.0 Å². The van der Waals surface area contributed by atoms with Crippen LogP contribution in [0.4, 0.5) is 18.9 Å². The Morgan fingerprint density at radius 1 is 1.23 bits per heavy atom. The first-order chi connectivity index (χ1) is 12.2. The number of aromatic nitrogens is 1. The van der Waals surface area contributed by atoms with Gasteiger partial charge in [0.15, 0.2) is 0 Å². The highest BCUT2D eigenvalue weighted by Gasteiger charge is 2.34. The van der Waals surface area contributed by atoms with Crippen molar-refractivity contribution in [3.63, 3.8) is 0 Å². The molecular formula is C19H30F3N3O. The number of hydrogen-bond acceptors (Lipinski definition) is 4. The molecular weight excluding hydrogens is 343 g/mol. The molecule has 1 aromatic rings. The molecule has 1 aliphatic heterocycles. The van der Waals surface area contributed by atoms with Crippen molar-refractivity contribution in [2.75, 3.05) is 31.1 Å². The smallest absolute Gasteiger partial charge is 0.369 e. The fraction of sp³-hybridized carbons (Fsp3) is 0.684. The minimum absolute atomic E-state index is 0.289. The molecule has 1 N–H and O–H groups in total. The van der Waals surface area contributed by atoms with E-state index in [4.69, 9.17) is 0 Å². The molecule has 0 aromatic carbocycles. The summed E-state index contributed by atoms with van der Waals surface area (Å²) in [7, 11) is 0. The van der Waals surface area contributed by atoms with Crippen molar-refractivity contribution in [3.05, 3.63) is 23.0 Å². The van der Waals surface area contributed by atoms with Gasteiger partial charge in [-0.25, -0.2) is 4.98 Å². The van der Waals surface area contributed by atoms with E-state index in [1.165, 1.54) is 6.07 Å². The number of piperazine rings is 1. The van der Waals surface area contributed by atoms with Crippen LogP contribution in [0.5, 0.6) is 0 Å². The fourth-order valence-electron chi connectivity index (χ4n) is 2.93. The molecule has 0 spiro atoms. The van der Waals surface area contributed by atoms with Gasteiger partial charge in [-0.2, -0.15) is 13.2 Å². The molecule has 1 fully saturated rings. The first-order valence-corrected chi connectivity index (χ1v) is 9.23. The molecule has 0 bridgehead atoms. The van der Waals surface area contributed by atoms with E-state index in [-0.39, 0.29) is 5.78 Å². The van der Waals surface area contributed by atoms with Crippen LogP contribution in [0.2, 0.25) is 0 Å². The zero-order valence-electron chi connectivity index (χ0n) is 16.2. The highest BCUT2D eigenvalue weighted by Crippen LogP contribution is 2.33. The average molecular weight is 373 g/mol. The van der Waals surface area contributed by atoms with Crippen molar-refractivity contribution in [2.45, 2.75) is 59.6 Å². The lowest BCUT2D eigenvalue weighted by atomic mass is 10.0. The molecule has 7 heteroatoms. The number of anilines is 1. The fourth-order valence-corrected chi connectivity index (χ4v) is 2.93. The minimum atomic E-state index is -4.39. The normalized spacial score (nSPS) is 14.7. The number of carbonyl (C=O) groups excluding carboxylic acids is 1. The van der Waals surface area contributed by atoms with Crippen molar-refractivity contribution in [1.29, 1.82) is 0 Å². The van der Waals surface area contributed by atoms with Gasteiger partial charge >= 0.3 is 6.18 Å². The van der Waals surface area contributed by atoms with Crippen LogP contribution in [-0.4, -0.2) is 36.9 Å². The van der Waals surface area contributed by atoms with Gasteiger partial charge in [0.05, 0.1) is 0 Å². The Balaban J connectivity index is 0.000000487. The van der Waals surface area contributed by atoms with Crippen LogP contribution in [0.3, 0.4) is 0 Å². The SMILES string of the molecule is CCCC(C)=O.CCCc1c(N2CCNCC2)cc(C(F)(F)F)nc1C. The number of hydrogen-bond donors (Lipinski definition) is 1. The molecule has 0 aliphatic carbocycles. The molecule has 0 saturated carbocycles. The van der Waals surface area contributed by atoms with Crippen LogP contribution in [0.25, 0.3) is 0 Å². The van der Waals surface area contributed by atoms with Crippen LogP contribution in [0, 0.1) is 6.92 Å². The van der Waals surface area contributed by atoms with Gasteiger partial charge in [-0.3, -0.25) is 0 Å². The van der Waals surface area contributed by atoms with Crippen molar-refractivity contribution >= 4 is 11.5 Å². The zero-order valence-corrected chi connectivity index (χ0v) is 16.2. The summed E-state index contributed by atoms with van der Waals surface area (Å²) < 4.78 is 38.8. The maximum absolute atomic E-state index is 12.9. The number of carbonyl (C=O) groups is 1. The van der Waals surface area contributed by atoms with Crippen LogP contribution in [-0.2, 0) is 17.4 Å². The summed E-state index contributed by atoms with van der Waals surface area (Å²) in [5, 5.41) is 3.22. The van der Waals surface area contributed by atoms with E-state index in [9.17, 15) is 18.0 Å². The first kappa shape index (κ1) is 22.4. The summed E-state index contributed by atoms with van der Waals surface area (Å²) in [5.74, 6) is 0.289. The Morgan fingerprint density at radius 2 is 1.85 bits per heavy atom. The Morgan fingerprint density at radius 3 is 2.27 bits per heavy atom. The number of nitrogens with one attached hydrogen (secondary N) is 1. The summed E-state index contributed by atoms with van der Waals surface area (Å²) in [4.78, 5) is 15.8. The van der Waals surface area contributed by atoms with Gasteiger partial charge in [-0.15, -0.1) is 0 Å². The third-order valence-corrected chi connectivity index (χ3v) is 4.16. The molecule has 1 aromatic heterocycles. The van der Waals surface area contributed by atoms with Crippen molar-refractivity contribution in [1.82, 2.24) is 10.3 Å². The van der Waals surface area contributed by atoms with E-state index in [0.29, 0.717) is 11.4 Å². The number of nitrogens with zero attached hydrogens (tertiary/aromatic N) is 2. The van der Waals surface area contributed by atoms with Crippen molar-refractivity contribution < 1.29 is 18.0 Å². The summed E-state index contributed by atoms with van der Waals surface area (Å²) >= 11 is 0. The van der Waals surface area contributed by atoms with Gasteiger partial charge in [0.25, 0.3) is 0 Å². The van der Waals surface area contributed by atoms with Crippen LogP contribution < -0.4 is 10.2 Å². The number of rotatable bonds is 5. The molecule has 1 saturated heterocycles. The molecule has 1 aliphatic rings. The highest BCUT2D eigenvalue weighted by molar-refractivity contribution is 5.75. The maximum atomic E-state index is 12.9. The molecule has 26 heavy (non-hydrogen) atoms. The van der Waals surface area contributed by atoms with E-state index in [2.05, 4.69) is 10.3 Å². The molecule has 4 nitrogen and oxygen atoms in total. The molecule has 2 heterocycles. The third kappa shape index (κ3) is 6.94. The maximum Gasteiger partial charge on any atom is 0.433 e. The van der Waals surface area contributed by atoms with Gasteiger partial charge in [0.2, 0.25) is 0 Å².